The highest BCUT2D eigenvalue weighted by Crippen LogP contribution is 2.45. The maximum atomic E-state index is 5.56. The van der Waals surface area contributed by atoms with Crippen molar-refractivity contribution in [3.8, 4) is 22.5 Å². The Hall–Kier alpha value is -5.84. The number of benzene rings is 7. The van der Waals surface area contributed by atoms with Gasteiger partial charge in [-0.25, -0.2) is 20.0 Å². The molecule has 2 heterocycles. The molecule has 0 unspecified atom stereocenters. The average molecular weight is 971 g/mol. The Kier molecular flexibility index (Phi) is 10.3. The van der Waals surface area contributed by atoms with E-state index in [1.807, 2.05) is 60.7 Å². The summed E-state index contributed by atoms with van der Waals surface area (Å²) in [6.07, 6.45) is 1.78. The molecule has 4 nitrogen and oxygen atoms in total. The summed E-state index contributed by atoms with van der Waals surface area (Å²) in [6, 6.07) is 52.3. The number of aliphatic imine (C=N–C) groups is 2. The van der Waals surface area contributed by atoms with Gasteiger partial charge in [0.1, 0.15) is 0 Å². The van der Waals surface area contributed by atoms with Crippen LogP contribution in [-0.4, -0.2) is 21.5 Å². The fourth-order valence-electron chi connectivity index (χ4n) is 7.94. The number of fused-ring (bicyclic) bond motifs is 6. The Balaban J connectivity index is 1.38. The molecule has 0 radical (unpaired) electrons. The van der Waals surface area contributed by atoms with Crippen molar-refractivity contribution in [1.82, 2.24) is 9.97 Å². The highest BCUT2D eigenvalue weighted by molar-refractivity contribution is 14.1. The minimum Gasteiger partial charge on any atom is -0.247 e. The van der Waals surface area contributed by atoms with Crippen molar-refractivity contribution >= 4 is 106 Å². The first-order valence-corrected chi connectivity index (χ1v) is 21.2. The lowest BCUT2D eigenvalue weighted by molar-refractivity contribution is 1.38. The summed E-state index contributed by atoms with van der Waals surface area (Å²) in [6.45, 7) is 13.0. The Morgan fingerprint density at radius 1 is 0.517 bits per heavy atom. The van der Waals surface area contributed by atoms with Crippen LogP contribution in [-0.2, 0) is 0 Å². The van der Waals surface area contributed by atoms with Crippen LogP contribution >= 0.6 is 45.2 Å². The van der Waals surface area contributed by atoms with Crippen LogP contribution < -0.4 is 0 Å². The molecule has 6 heteroatoms. The van der Waals surface area contributed by atoms with Gasteiger partial charge >= 0.3 is 0 Å². The minimum atomic E-state index is 0.523. The average Bonchev–Trinajstić information content (AvgIpc) is 3.26. The van der Waals surface area contributed by atoms with Crippen molar-refractivity contribution < 1.29 is 0 Å². The SMILES string of the molecule is C=C/C(=N\C(=N/C(=C)c1ccccc1)c1ccc2c(c1)nc(-c1ccc(I)cc1)c1c(C)c3c(c(-c4ccc(I)cc4)nc4ccccc43)c(C)c12)c1ccccc1. The zero-order valence-electron chi connectivity index (χ0n) is 32.0. The van der Waals surface area contributed by atoms with E-state index in [4.69, 9.17) is 20.0 Å². The topological polar surface area (TPSA) is 50.5 Å². The molecule has 0 aliphatic rings. The Labute approximate surface area is 365 Å². The van der Waals surface area contributed by atoms with E-state index >= 15 is 0 Å². The van der Waals surface area contributed by atoms with E-state index < -0.39 is 0 Å². The van der Waals surface area contributed by atoms with E-state index in [0.29, 0.717) is 17.2 Å². The van der Waals surface area contributed by atoms with Gasteiger partial charge in [0.15, 0.2) is 5.84 Å². The smallest absolute Gasteiger partial charge is 0.160 e. The molecule has 0 atom stereocenters. The van der Waals surface area contributed by atoms with Gasteiger partial charge in [-0.05, 0) is 129 Å². The number of amidine groups is 1. The molecular weight excluding hydrogens is 934 g/mol. The Morgan fingerprint density at radius 2 is 1.02 bits per heavy atom. The zero-order chi connectivity index (χ0) is 39.9. The third-order valence-electron chi connectivity index (χ3n) is 10.7. The van der Waals surface area contributed by atoms with E-state index in [1.54, 1.807) is 6.08 Å². The molecule has 7 aromatic carbocycles. The second-order valence-electron chi connectivity index (χ2n) is 14.2. The predicted molar refractivity (Wildman–Crippen MR) is 263 cm³/mol. The van der Waals surface area contributed by atoms with Crippen molar-refractivity contribution in [3.05, 3.63) is 206 Å². The van der Waals surface area contributed by atoms with Gasteiger partial charge < -0.3 is 0 Å². The van der Waals surface area contributed by atoms with Crippen LogP contribution in [0, 0.1) is 21.0 Å². The molecule has 0 N–H and O–H groups in total. The van der Waals surface area contributed by atoms with Crippen molar-refractivity contribution in [2.75, 3.05) is 0 Å². The molecule has 0 saturated carbocycles. The standard InChI is InChI=1S/C52H36I2N4/c1-5-43(35-16-10-7-11-17-35)58-52(55-33(4)34-14-8-6-9-15-34)38-24-29-42-45(30-38)57-51(37-22-27-40(54)28-23-37)49-31(2)46-41-18-12-13-19-44(41)56-50(48(46)32(3)47(42)49)36-20-25-39(53)26-21-36/h5-30H,1,4H2,2-3H3/b55-52-,58-43+. The van der Waals surface area contributed by atoms with Crippen LogP contribution in [0.25, 0.3) is 71.6 Å². The van der Waals surface area contributed by atoms with E-state index in [2.05, 4.69) is 163 Å². The number of para-hydroxylation sites is 1. The normalized spacial score (nSPS) is 12.1. The third kappa shape index (κ3) is 6.94. The lowest BCUT2D eigenvalue weighted by atomic mass is 9.86. The van der Waals surface area contributed by atoms with Crippen LogP contribution in [0.2, 0.25) is 0 Å². The van der Waals surface area contributed by atoms with E-state index in [1.165, 1.54) is 18.1 Å². The summed E-state index contributed by atoms with van der Waals surface area (Å²) in [5, 5.41) is 6.83. The van der Waals surface area contributed by atoms with E-state index in [-0.39, 0.29) is 0 Å². The molecule has 9 aromatic rings. The number of allylic oxidation sites excluding steroid dienone is 1. The first-order valence-electron chi connectivity index (χ1n) is 19.0. The summed E-state index contributed by atoms with van der Waals surface area (Å²) in [5.41, 5.74) is 12.2. The predicted octanol–water partition coefficient (Wildman–Crippen LogP) is 14.3. The number of hydrogen-bond donors (Lipinski definition) is 0. The van der Waals surface area contributed by atoms with Gasteiger partial charge in [0.05, 0.1) is 33.8 Å². The lowest BCUT2D eigenvalue weighted by Gasteiger charge is -2.21. The summed E-state index contributed by atoms with van der Waals surface area (Å²) < 4.78 is 2.35. The van der Waals surface area contributed by atoms with Crippen molar-refractivity contribution in [3.63, 3.8) is 0 Å². The quantitative estimate of drug-likeness (QED) is 0.0525. The van der Waals surface area contributed by atoms with Crippen molar-refractivity contribution in [1.29, 1.82) is 0 Å². The second kappa shape index (κ2) is 15.8. The fraction of sp³-hybridized carbons (Fsp3) is 0.0385. The number of aryl methyl sites for hydroxylation is 2. The maximum absolute atomic E-state index is 5.56. The molecule has 2 aromatic heterocycles. The second-order valence-corrected chi connectivity index (χ2v) is 16.7. The molecule has 0 spiro atoms. The lowest BCUT2D eigenvalue weighted by Crippen LogP contribution is -2.06. The molecule has 0 amide bonds. The molecule has 0 aliphatic carbocycles. The van der Waals surface area contributed by atoms with Crippen LogP contribution in [0.1, 0.15) is 27.8 Å². The molecule has 58 heavy (non-hydrogen) atoms. The Bertz CT molecular complexity index is 3150. The van der Waals surface area contributed by atoms with Gasteiger partial charge in [0.25, 0.3) is 0 Å². The molecule has 0 bridgehead atoms. The minimum absolute atomic E-state index is 0.523. The number of halogens is 2. The van der Waals surface area contributed by atoms with E-state index in [9.17, 15) is 0 Å². The largest absolute Gasteiger partial charge is 0.247 e. The first kappa shape index (κ1) is 37.7. The van der Waals surface area contributed by atoms with Crippen LogP contribution in [0.15, 0.2) is 181 Å². The van der Waals surface area contributed by atoms with E-state index in [0.717, 1.165) is 82.7 Å². The van der Waals surface area contributed by atoms with Gasteiger partial charge in [-0.1, -0.05) is 128 Å². The van der Waals surface area contributed by atoms with Gasteiger partial charge in [-0.2, -0.15) is 0 Å². The zero-order valence-corrected chi connectivity index (χ0v) is 36.3. The fourth-order valence-corrected chi connectivity index (χ4v) is 8.66. The number of nitrogens with zero attached hydrogens (tertiary/aromatic N) is 4. The molecule has 9 rings (SSSR count). The summed E-state index contributed by atoms with van der Waals surface area (Å²) in [5.74, 6) is 0.523. The van der Waals surface area contributed by atoms with Crippen LogP contribution in [0.4, 0.5) is 0 Å². The van der Waals surface area contributed by atoms with Gasteiger partial charge in [0, 0.05) is 50.9 Å². The highest BCUT2D eigenvalue weighted by atomic mass is 127. The van der Waals surface area contributed by atoms with Gasteiger partial charge in [-0.15, -0.1) is 0 Å². The monoisotopic (exact) mass is 970 g/mol. The van der Waals surface area contributed by atoms with Gasteiger partial charge in [-0.3, -0.25) is 0 Å². The highest BCUT2D eigenvalue weighted by Gasteiger charge is 2.23. The molecule has 0 saturated heterocycles. The maximum Gasteiger partial charge on any atom is 0.160 e. The van der Waals surface area contributed by atoms with Crippen LogP contribution in [0.5, 0.6) is 0 Å². The van der Waals surface area contributed by atoms with Gasteiger partial charge in [0.2, 0.25) is 0 Å². The molecule has 0 fully saturated rings. The van der Waals surface area contributed by atoms with Crippen molar-refractivity contribution in [2.24, 2.45) is 9.98 Å². The Morgan fingerprint density at radius 3 is 1.59 bits per heavy atom. The first-order chi connectivity index (χ1) is 28.3. The number of aromatic nitrogens is 2. The molecule has 0 aliphatic heterocycles. The number of pyridine rings is 2. The third-order valence-corrected chi connectivity index (χ3v) is 12.1. The van der Waals surface area contributed by atoms with Crippen LogP contribution in [0.3, 0.4) is 0 Å². The number of hydrogen-bond acceptors (Lipinski definition) is 3. The summed E-state index contributed by atoms with van der Waals surface area (Å²) >= 11 is 4.73. The summed E-state index contributed by atoms with van der Waals surface area (Å²) in [7, 11) is 0. The summed E-state index contributed by atoms with van der Waals surface area (Å²) in [4.78, 5) is 21.2. The molecule has 278 valence electrons. The molecular formula is C52H36I2N4. The van der Waals surface area contributed by atoms with Crippen molar-refractivity contribution in [2.45, 2.75) is 13.8 Å². The number of rotatable bonds is 7.